The van der Waals surface area contributed by atoms with Crippen molar-refractivity contribution in [2.24, 2.45) is 0 Å². The highest BCUT2D eigenvalue weighted by atomic mass is 32.2. The standard InChI is InChI=1S/C24H23N5OS/c1-17-3-9-22(10-4-17)29-18(2)27-28-24(29)31-16-20-5-7-21(8-6-20)23(30)26-15-19-11-13-25-14-12-19/h3-14H,15-16H2,1-2H3,(H,26,30). The van der Waals surface area contributed by atoms with E-state index in [4.69, 9.17) is 0 Å². The van der Waals surface area contributed by atoms with Crippen molar-refractivity contribution < 1.29 is 4.79 Å². The number of carbonyl (C=O) groups excluding carboxylic acids is 1. The molecule has 7 heteroatoms. The van der Waals surface area contributed by atoms with Crippen LogP contribution in [-0.2, 0) is 12.3 Å². The molecule has 2 aromatic carbocycles. The minimum atomic E-state index is -0.0919. The van der Waals surface area contributed by atoms with Gasteiger partial charge in [-0.1, -0.05) is 41.6 Å². The van der Waals surface area contributed by atoms with Gasteiger partial charge < -0.3 is 5.32 Å². The Kier molecular flexibility index (Phi) is 6.43. The minimum absolute atomic E-state index is 0.0919. The SMILES string of the molecule is Cc1ccc(-n2c(C)nnc2SCc2ccc(C(=O)NCc3ccncc3)cc2)cc1. The number of thioether (sulfide) groups is 1. The summed E-state index contributed by atoms with van der Waals surface area (Å²) in [6.07, 6.45) is 3.43. The van der Waals surface area contributed by atoms with Gasteiger partial charge in [0.1, 0.15) is 5.82 Å². The van der Waals surface area contributed by atoms with Crippen LogP contribution in [0.5, 0.6) is 0 Å². The summed E-state index contributed by atoms with van der Waals surface area (Å²) in [6.45, 7) is 4.50. The minimum Gasteiger partial charge on any atom is -0.348 e. The van der Waals surface area contributed by atoms with Crippen LogP contribution < -0.4 is 5.32 Å². The van der Waals surface area contributed by atoms with Crippen molar-refractivity contribution in [3.63, 3.8) is 0 Å². The molecule has 0 saturated carbocycles. The molecule has 2 heterocycles. The molecule has 6 nitrogen and oxygen atoms in total. The normalized spacial score (nSPS) is 10.8. The summed E-state index contributed by atoms with van der Waals surface area (Å²) in [5.41, 5.74) is 5.04. The van der Waals surface area contributed by atoms with Gasteiger partial charge in [-0.25, -0.2) is 0 Å². The molecule has 0 radical (unpaired) electrons. The summed E-state index contributed by atoms with van der Waals surface area (Å²) in [5, 5.41) is 12.4. The van der Waals surface area contributed by atoms with Gasteiger partial charge in [-0.3, -0.25) is 14.3 Å². The Morgan fingerprint density at radius 1 is 0.903 bits per heavy atom. The molecule has 0 saturated heterocycles. The second-order valence-electron chi connectivity index (χ2n) is 7.22. The van der Waals surface area contributed by atoms with E-state index in [9.17, 15) is 4.79 Å². The first-order chi connectivity index (χ1) is 15.1. The number of carbonyl (C=O) groups is 1. The Morgan fingerprint density at radius 3 is 2.32 bits per heavy atom. The van der Waals surface area contributed by atoms with E-state index >= 15 is 0 Å². The van der Waals surface area contributed by atoms with Gasteiger partial charge in [0.25, 0.3) is 5.91 Å². The smallest absolute Gasteiger partial charge is 0.251 e. The largest absolute Gasteiger partial charge is 0.348 e. The lowest BCUT2D eigenvalue weighted by Crippen LogP contribution is -2.22. The zero-order chi connectivity index (χ0) is 21.6. The van der Waals surface area contributed by atoms with Gasteiger partial charge in [0.2, 0.25) is 0 Å². The Bertz CT molecular complexity index is 1160. The van der Waals surface area contributed by atoms with Crippen LogP contribution >= 0.6 is 11.8 Å². The monoisotopic (exact) mass is 429 g/mol. The Labute approximate surface area is 185 Å². The van der Waals surface area contributed by atoms with Crippen LogP contribution in [0.3, 0.4) is 0 Å². The molecule has 0 aliphatic heterocycles. The van der Waals surface area contributed by atoms with E-state index in [1.807, 2.05) is 43.3 Å². The first-order valence-electron chi connectivity index (χ1n) is 9.98. The first kappa shape index (κ1) is 20.8. The maximum absolute atomic E-state index is 12.4. The van der Waals surface area contributed by atoms with E-state index in [0.717, 1.165) is 33.5 Å². The summed E-state index contributed by atoms with van der Waals surface area (Å²) in [7, 11) is 0. The molecule has 0 unspecified atom stereocenters. The number of rotatable bonds is 7. The van der Waals surface area contributed by atoms with E-state index < -0.39 is 0 Å². The van der Waals surface area contributed by atoms with Crippen molar-refractivity contribution >= 4 is 17.7 Å². The van der Waals surface area contributed by atoms with Gasteiger partial charge in [-0.2, -0.15) is 0 Å². The van der Waals surface area contributed by atoms with E-state index in [2.05, 4.69) is 56.3 Å². The molecule has 0 fully saturated rings. The van der Waals surface area contributed by atoms with E-state index in [-0.39, 0.29) is 5.91 Å². The third-order valence-electron chi connectivity index (χ3n) is 4.87. The van der Waals surface area contributed by atoms with Crippen molar-refractivity contribution in [1.29, 1.82) is 0 Å². The average molecular weight is 430 g/mol. The van der Waals surface area contributed by atoms with Crippen LogP contribution in [0.2, 0.25) is 0 Å². The van der Waals surface area contributed by atoms with Crippen molar-refractivity contribution in [2.45, 2.75) is 31.3 Å². The fourth-order valence-corrected chi connectivity index (χ4v) is 4.07. The lowest BCUT2D eigenvalue weighted by atomic mass is 10.1. The maximum atomic E-state index is 12.4. The topological polar surface area (TPSA) is 72.7 Å². The third-order valence-corrected chi connectivity index (χ3v) is 5.87. The average Bonchev–Trinajstić information content (AvgIpc) is 3.18. The number of amides is 1. The zero-order valence-corrected chi connectivity index (χ0v) is 18.3. The van der Waals surface area contributed by atoms with Gasteiger partial charge in [0.15, 0.2) is 5.16 Å². The molecule has 4 rings (SSSR count). The van der Waals surface area contributed by atoms with E-state index in [1.54, 1.807) is 24.2 Å². The van der Waals surface area contributed by atoms with Crippen LogP contribution in [0.1, 0.15) is 32.9 Å². The number of hydrogen-bond donors (Lipinski definition) is 1. The summed E-state index contributed by atoms with van der Waals surface area (Å²) < 4.78 is 2.06. The highest BCUT2D eigenvalue weighted by Gasteiger charge is 2.12. The second kappa shape index (κ2) is 9.57. The number of nitrogens with zero attached hydrogens (tertiary/aromatic N) is 4. The van der Waals surface area contributed by atoms with Crippen LogP contribution in [0.25, 0.3) is 5.69 Å². The molecule has 0 aliphatic rings. The second-order valence-corrected chi connectivity index (χ2v) is 8.17. The number of aromatic nitrogens is 4. The molecular formula is C24H23N5OS. The molecule has 0 atom stereocenters. The number of nitrogens with one attached hydrogen (secondary N) is 1. The summed E-state index contributed by atoms with van der Waals surface area (Å²) in [4.78, 5) is 16.4. The fourth-order valence-electron chi connectivity index (χ4n) is 3.11. The molecule has 2 aromatic heterocycles. The lowest BCUT2D eigenvalue weighted by molar-refractivity contribution is 0.0951. The van der Waals surface area contributed by atoms with Crippen LogP contribution in [0.15, 0.2) is 78.2 Å². The van der Waals surface area contributed by atoms with Crippen LogP contribution in [-0.4, -0.2) is 25.7 Å². The van der Waals surface area contributed by atoms with Crippen molar-refractivity contribution in [1.82, 2.24) is 25.1 Å². The van der Waals surface area contributed by atoms with Gasteiger partial charge in [0.05, 0.1) is 0 Å². The van der Waals surface area contributed by atoms with E-state index in [1.165, 1.54) is 5.56 Å². The Balaban J connectivity index is 1.38. The van der Waals surface area contributed by atoms with Crippen molar-refractivity contribution in [3.8, 4) is 5.69 Å². The quantitative estimate of drug-likeness (QED) is 0.438. The highest BCUT2D eigenvalue weighted by Crippen LogP contribution is 2.25. The summed E-state index contributed by atoms with van der Waals surface area (Å²) in [6, 6.07) is 19.8. The Hall–Kier alpha value is -3.45. The molecule has 156 valence electrons. The lowest BCUT2D eigenvalue weighted by Gasteiger charge is -2.09. The number of benzene rings is 2. The molecular weight excluding hydrogens is 406 g/mol. The predicted octanol–water partition coefficient (Wildman–Crippen LogP) is 4.50. The molecule has 1 N–H and O–H groups in total. The molecule has 31 heavy (non-hydrogen) atoms. The Morgan fingerprint density at radius 2 is 1.61 bits per heavy atom. The van der Waals surface area contributed by atoms with Gasteiger partial charge in [0, 0.05) is 35.9 Å². The van der Waals surface area contributed by atoms with Crippen LogP contribution in [0.4, 0.5) is 0 Å². The van der Waals surface area contributed by atoms with Gasteiger partial charge >= 0.3 is 0 Å². The zero-order valence-electron chi connectivity index (χ0n) is 17.4. The van der Waals surface area contributed by atoms with Crippen molar-refractivity contribution in [3.05, 3.63) is 101 Å². The molecule has 4 aromatic rings. The molecule has 0 bridgehead atoms. The van der Waals surface area contributed by atoms with E-state index in [0.29, 0.717) is 12.1 Å². The summed E-state index contributed by atoms with van der Waals surface area (Å²) in [5.74, 6) is 1.50. The fraction of sp³-hybridized carbons (Fsp3) is 0.167. The summed E-state index contributed by atoms with van der Waals surface area (Å²) >= 11 is 1.62. The maximum Gasteiger partial charge on any atom is 0.251 e. The number of aryl methyl sites for hydroxylation is 2. The van der Waals surface area contributed by atoms with Gasteiger partial charge in [-0.15, -0.1) is 10.2 Å². The van der Waals surface area contributed by atoms with Gasteiger partial charge in [-0.05, 0) is 61.4 Å². The van der Waals surface area contributed by atoms with Crippen LogP contribution in [0, 0.1) is 13.8 Å². The first-order valence-corrected chi connectivity index (χ1v) is 11.0. The molecule has 0 spiro atoms. The highest BCUT2D eigenvalue weighted by molar-refractivity contribution is 7.98. The van der Waals surface area contributed by atoms with Crippen molar-refractivity contribution in [2.75, 3.05) is 0 Å². The molecule has 1 amide bonds. The molecule has 0 aliphatic carbocycles. The number of hydrogen-bond acceptors (Lipinski definition) is 5. The predicted molar refractivity (Wildman–Crippen MR) is 122 cm³/mol. The number of pyridine rings is 1. The third kappa shape index (κ3) is 5.19.